The molecule has 0 radical (unpaired) electrons. The van der Waals surface area contributed by atoms with Gasteiger partial charge < -0.3 is 25.0 Å². The van der Waals surface area contributed by atoms with E-state index in [2.05, 4.69) is 32.7 Å². The highest BCUT2D eigenvalue weighted by atomic mass is 16.5. The molecule has 0 atom stereocenters. The lowest BCUT2D eigenvalue weighted by atomic mass is 9.99. The van der Waals surface area contributed by atoms with Crippen LogP contribution in [0.15, 0.2) is 41.4 Å². The third-order valence-electron chi connectivity index (χ3n) is 5.34. The van der Waals surface area contributed by atoms with Crippen LogP contribution in [0, 0.1) is 0 Å². The second-order valence-corrected chi connectivity index (χ2v) is 7.15. The highest BCUT2D eigenvalue weighted by Gasteiger charge is 2.21. The molecule has 30 heavy (non-hydrogen) atoms. The molecule has 0 spiro atoms. The topological polar surface area (TPSA) is 75.2 Å². The molecule has 0 fully saturated rings. The summed E-state index contributed by atoms with van der Waals surface area (Å²) in [5, 5.41) is 6.11. The summed E-state index contributed by atoms with van der Waals surface area (Å²) in [6.45, 7) is 2.38. The average Bonchev–Trinajstić information content (AvgIpc) is 2.80. The fourth-order valence-electron chi connectivity index (χ4n) is 3.73. The third-order valence-corrected chi connectivity index (χ3v) is 5.34. The van der Waals surface area contributed by atoms with Gasteiger partial charge in [-0.25, -0.2) is 0 Å². The Morgan fingerprint density at radius 2 is 1.87 bits per heavy atom. The number of aliphatic imine (C=N–C) groups is 1. The zero-order valence-corrected chi connectivity index (χ0v) is 18.1. The Kier molecular flexibility index (Phi) is 7.17. The molecular formula is C23H30N4O3. The van der Waals surface area contributed by atoms with Crippen molar-refractivity contribution >= 4 is 11.9 Å². The van der Waals surface area contributed by atoms with E-state index in [4.69, 9.17) is 9.47 Å². The maximum atomic E-state index is 11.8. The largest absolute Gasteiger partial charge is 0.493 e. The van der Waals surface area contributed by atoms with Crippen molar-refractivity contribution in [3.05, 3.63) is 58.7 Å². The molecule has 0 saturated carbocycles. The number of hydrogen-bond donors (Lipinski definition) is 2. The van der Waals surface area contributed by atoms with Crippen LogP contribution in [0.2, 0.25) is 0 Å². The van der Waals surface area contributed by atoms with Gasteiger partial charge in [-0.3, -0.25) is 9.79 Å². The summed E-state index contributed by atoms with van der Waals surface area (Å²) in [7, 11) is 6.77. The van der Waals surface area contributed by atoms with Crippen molar-refractivity contribution in [1.82, 2.24) is 15.5 Å². The van der Waals surface area contributed by atoms with E-state index in [1.807, 2.05) is 24.3 Å². The SMILES string of the molecule is CN=C(NCCc1cccc(C(=O)NC)c1)N1CCc2cc(OC)c(OC)cc2C1. The van der Waals surface area contributed by atoms with Crippen LogP contribution in [0.1, 0.15) is 27.0 Å². The summed E-state index contributed by atoms with van der Waals surface area (Å²) < 4.78 is 10.9. The molecule has 3 rings (SSSR count). The van der Waals surface area contributed by atoms with Crippen LogP contribution in [0.3, 0.4) is 0 Å². The lowest BCUT2D eigenvalue weighted by Crippen LogP contribution is -2.44. The highest BCUT2D eigenvalue weighted by molar-refractivity contribution is 5.94. The minimum atomic E-state index is -0.0698. The van der Waals surface area contributed by atoms with E-state index >= 15 is 0 Å². The number of benzene rings is 2. The van der Waals surface area contributed by atoms with E-state index in [1.54, 1.807) is 28.3 Å². The maximum absolute atomic E-state index is 11.8. The molecule has 2 aromatic rings. The second kappa shape index (κ2) is 10.0. The molecule has 0 aromatic heterocycles. The molecule has 0 aliphatic carbocycles. The van der Waals surface area contributed by atoms with Crippen molar-refractivity contribution in [3.8, 4) is 11.5 Å². The van der Waals surface area contributed by atoms with Crippen molar-refractivity contribution < 1.29 is 14.3 Å². The van der Waals surface area contributed by atoms with Crippen LogP contribution in [-0.2, 0) is 19.4 Å². The van der Waals surface area contributed by atoms with E-state index in [-0.39, 0.29) is 5.91 Å². The van der Waals surface area contributed by atoms with Gasteiger partial charge in [0, 0.05) is 39.3 Å². The zero-order chi connectivity index (χ0) is 21.5. The molecule has 7 nitrogen and oxygen atoms in total. The molecule has 1 aliphatic rings. The first-order valence-corrected chi connectivity index (χ1v) is 10.1. The predicted octanol–water partition coefficient (Wildman–Crippen LogP) is 2.24. The molecule has 0 unspecified atom stereocenters. The van der Waals surface area contributed by atoms with E-state index in [0.29, 0.717) is 5.56 Å². The second-order valence-electron chi connectivity index (χ2n) is 7.15. The number of ether oxygens (including phenoxy) is 2. The van der Waals surface area contributed by atoms with Crippen molar-refractivity contribution in [1.29, 1.82) is 0 Å². The van der Waals surface area contributed by atoms with Crippen molar-refractivity contribution in [2.75, 3.05) is 41.4 Å². The minimum Gasteiger partial charge on any atom is -0.493 e. The van der Waals surface area contributed by atoms with Crippen LogP contribution >= 0.6 is 0 Å². The molecule has 2 N–H and O–H groups in total. The summed E-state index contributed by atoms with van der Waals surface area (Å²) in [6.07, 6.45) is 1.73. The van der Waals surface area contributed by atoms with Gasteiger partial charge in [-0.2, -0.15) is 0 Å². The average molecular weight is 411 g/mol. The van der Waals surface area contributed by atoms with Gasteiger partial charge in [-0.1, -0.05) is 12.1 Å². The number of fused-ring (bicyclic) bond motifs is 1. The zero-order valence-electron chi connectivity index (χ0n) is 18.1. The van der Waals surface area contributed by atoms with Crippen molar-refractivity contribution in [2.24, 2.45) is 4.99 Å². The number of carbonyl (C=O) groups is 1. The molecule has 7 heteroatoms. The molecule has 1 heterocycles. The lowest BCUT2D eigenvalue weighted by molar-refractivity contribution is 0.0963. The first-order valence-electron chi connectivity index (χ1n) is 10.1. The smallest absolute Gasteiger partial charge is 0.251 e. The molecule has 0 saturated heterocycles. The van der Waals surface area contributed by atoms with Crippen LogP contribution in [0.25, 0.3) is 0 Å². The van der Waals surface area contributed by atoms with E-state index in [1.165, 1.54) is 11.1 Å². The first kappa shape index (κ1) is 21.5. The Hall–Kier alpha value is -3.22. The predicted molar refractivity (Wildman–Crippen MR) is 119 cm³/mol. The van der Waals surface area contributed by atoms with Crippen LogP contribution in [0.4, 0.5) is 0 Å². The van der Waals surface area contributed by atoms with Gasteiger partial charge in [-0.05, 0) is 53.8 Å². The van der Waals surface area contributed by atoms with Gasteiger partial charge >= 0.3 is 0 Å². The van der Waals surface area contributed by atoms with Gasteiger partial charge in [-0.15, -0.1) is 0 Å². The third kappa shape index (κ3) is 4.84. The van der Waals surface area contributed by atoms with Gasteiger partial charge in [0.25, 0.3) is 5.91 Å². The fourth-order valence-corrected chi connectivity index (χ4v) is 3.73. The quantitative estimate of drug-likeness (QED) is 0.564. The summed E-state index contributed by atoms with van der Waals surface area (Å²) in [6, 6.07) is 11.8. The number of hydrogen-bond acceptors (Lipinski definition) is 4. The van der Waals surface area contributed by atoms with Crippen molar-refractivity contribution in [3.63, 3.8) is 0 Å². The molecule has 2 aromatic carbocycles. The van der Waals surface area contributed by atoms with Crippen LogP contribution in [-0.4, -0.2) is 58.2 Å². The number of rotatable bonds is 6. The van der Waals surface area contributed by atoms with Gasteiger partial charge in [0.2, 0.25) is 0 Å². The number of nitrogens with one attached hydrogen (secondary N) is 2. The number of guanidine groups is 1. The summed E-state index contributed by atoms with van der Waals surface area (Å²) >= 11 is 0. The fraction of sp³-hybridized carbons (Fsp3) is 0.391. The Morgan fingerprint density at radius 3 is 2.53 bits per heavy atom. The van der Waals surface area contributed by atoms with Gasteiger partial charge in [0.1, 0.15) is 0 Å². The summed E-state index contributed by atoms with van der Waals surface area (Å²) in [4.78, 5) is 18.5. The summed E-state index contributed by atoms with van der Waals surface area (Å²) in [5.41, 5.74) is 4.29. The van der Waals surface area contributed by atoms with Crippen LogP contribution < -0.4 is 20.1 Å². The van der Waals surface area contributed by atoms with Gasteiger partial charge in [0.05, 0.1) is 14.2 Å². The minimum absolute atomic E-state index is 0.0698. The Bertz CT molecular complexity index is 927. The Balaban J connectivity index is 1.62. The molecule has 160 valence electrons. The molecule has 1 amide bonds. The number of methoxy groups -OCH3 is 2. The van der Waals surface area contributed by atoms with E-state index in [0.717, 1.165) is 55.5 Å². The Labute approximate surface area is 178 Å². The van der Waals surface area contributed by atoms with E-state index < -0.39 is 0 Å². The van der Waals surface area contributed by atoms with Crippen LogP contribution in [0.5, 0.6) is 11.5 Å². The normalized spacial score (nSPS) is 13.5. The maximum Gasteiger partial charge on any atom is 0.251 e. The number of carbonyl (C=O) groups excluding carboxylic acids is 1. The first-order chi connectivity index (χ1) is 14.6. The monoisotopic (exact) mass is 410 g/mol. The summed E-state index contributed by atoms with van der Waals surface area (Å²) in [5.74, 6) is 2.32. The highest BCUT2D eigenvalue weighted by Crippen LogP contribution is 2.33. The van der Waals surface area contributed by atoms with Crippen molar-refractivity contribution in [2.45, 2.75) is 19.4 Å². The number of amides is 1. The van der Waals surface area contributed by atoms with E-state index in [9.17, 15) is 4.79 Å². The Morgan fingerprint density at radius 1 is 1.13 bits per heavy atom. The molecule has 1 aliphatic heterocycles. The lowest BCUT2D eigenvalue weighted by Gasteiger charge is -2.32. The molecular weight excluding hydrogens is 380 g/mol. The molecule has 0 bridgehead atoms. The van der Waals surface area contributed by atoms with Gasteiger partial charge in [0.15, 0.2) is 17.5 Å². The standard InChI is InChI=1S/C23H30N4O3/c1-24-22(28)18-7-5-6-16(12-18)8-10-26-23(25-2)27-11-9-17-13-20(29-3)21(30-4)14-19(17)15-27/h5-7,12-14H,8-11,15H2,1-4H3,(H,24,28)(H,25,26). The number of nitrogens with zero attached hydrogens (tertiary/aromatic N) is 2.